The number of carbonyl (C=O) groups is 2. The number of urea groups is 1. The molecule has 190 valence electrons. The van der Waals surface area contributed by atoms with Crippen LogP contribution in [-0.4, -0.2) is 47.5 Å². The van der Waals surface area contributed by atoms with Gasteiger partial charge in [-0.15, -0.1) is 11.3 Å². The molecule has 3 aromatic rings. The molecule has 2 heterocycles. The van der Waals surface area contributed by atoms with Gasteiger partial charge in [0.1, 0.15) is 12.4 Å². The zero-order chi connectivity index (χ0) is 25.3. The fourth-order valence-electron chi connectivity index (χ4n) is 4.18. The Hall–Kier alpha value is -3.23. The van der Waals surface area contributed by atoms with Crippen LogP contribution in [0.2, 0.25) is 0 Å². The zero-order valence-electron chi connectivity index (χ0n) is 20.5. The Balaban J connectivity index is 1.48. The quantitative estimate of drug-likeness (QED) is 0.413. The highest BCUT2D eigenvalue weighted by molar-refractivity contribution is 7.10. The van der Waals surface area contributed by atoms with Crippen molar-refractivity contribution >= 4 is 23.3 Å². The van der Waals surface area contributed by atoms with Crippen LogP contribution in [0.25, 0.3) is 0 Å². The third-order valence-corrected chi connectivity index (χ3v) is 7.30. The second-order valence-corrected chi connectivity index (χ2v) is 10.1. The predicted octanol–water partition coefficient (Wildman–Crippen LogP) is 5.12. The topological polar surface area (TPSA) is 61.9 Å². The van der Waals surface area contributed by atoms with Gasteiger partial charge in [0.15, 0.2) is 0 Å². The van der Waals surface area contributed by atoms with Crippen molar-refractivity contribution in [2.45, 2.75) is 45.5 Å². The van der Waals surface area contributed by atoms with Crippen LogP contribution in [0.5, 0.6) is 0 Å². The molecule has 6 nitrogen and oxygen atoms in total. The van der Waals surface area contributed by atoms with Gasteiger partial charge in [-0.1, -0.05) is 42.5 Å². The van der Waals surface area contributed by atoms with Crippen LogP contribution in [0.1, 0.15) is 34.4 Å². The standard InChI is InChI=1S/C28H32FN3O3S/c1-21-13-15-36-26(21)19-31(17-23-9-11-24(29)12-10-23)27(33)20-32(18-25-8-5-14-35-25)28(34)30-16-22-6-3-2-4-7-22/h2-4,6-7,9-13,15,25H,5,8,14,16-20H2,1H3,(H,30,34). The van der Waals surface area contributed by atoms with Gasteiger partial charge >= 0.3 is 6.03 Å². The van der Waals surface area contributed by atoms with E-state index in [4.69, 9.17) is 4.74 Å². The smallest absolute Gasteiger partial charge is 0.318 e. The Morgan fingerprint density at radius 3 is 2.47 bits per heavy atom. The Morgan fingerprint density at radius 2 is 1.81 bits per heavy atom. The maximum absolute atomic E-state index is 13.6. The summed E-state index contributed by atoms with van der Waals surface area (Å²) < 4.78 is 19.2. The lowest BCUT2D eigenvalue weighted by Crippen LogP contribution is -2.48. The number of aryl methyl sites for hydroxylation is 1. The number of hydrogen-bond donors (Lipinski definition) is 1. The van der Waals surface area contributed by atoms with Gasteiger partial charge in [0, 0.05) is 31.1 Å². The lowest BCUT2D eigenvalue weighted by Gasteiger charge is -2.29. The molecule has 4 rings (SSSR count). The van der Waals surface area contributed by atoms with Gasteiger partial charge in [-0.05, 0) is 60.0 Å². The molecule has 36 heavy (non-hydrogen) atoms. The molecule has 0 saturated carbocycles. The highest BCUT2D eigenvalue weighted by Crippen LogP contribution is 2.20. The number of hydrogen-bond acceptors (Lipinski definition) is 4. The van der Waals surface area contributed by atoms with Crippen molar-refractivity contribution in [3.63, 3.8) is 0 Å². The Kier molecular flexibility index (Phi) is 9.08. The number of halogens is 1. The van der Waals surface area contributed by atoms with E-state index >= 15 is 0 Å². The van der Waals surface area contributed by atoms with Gasteiger partial charge in [0.05, 0.1) is 12.6 Å². The minimum absolute atomic E-state index is 0.0634. The molecule has 8 heteroatoms. The van der Waals surface area contributed by atoms with Gasteiger partial charge in [-0.2, -0.15) is 0 Å². The Labute approximate surface area is 215 Å². The number of thiophene rings is 1. The molecule has 1 atom stereocenters. The lowest BCUT2D eigenvalue weighted by atomic mass is 10.2. The summed E-state index contributed by atoms with van der Waals surface area (Å²) in [7, 11) is 0. The summed E-state index contributed by atoms with van der Waals surface area (Å²) in [5.41, 5.74) is 2.94. The second-order valence-electron chi connectivity index (χ2n) is 9.06. The molecule has 1 saturated heterocycles. The molecule has 0 aliphatic carbocycles. The number of rotatable bonds is 10. The summed E-state index contributed by atoms with van der Waals surface area (Å²) in [4.78, 5) is 31.2. The molecule has 0 bridgehead atoms. The maximum atomic E-state index is 13.6. The number of nitrogens with zero attached hydrogens (tertiary/aromatic N) is 2. The molecule has 1 unspecified atom stereocenters. The van der Waals surface area contributed by atoms with Crippen LogP contribution in [0.3, 0.4) is 0 Å². The molecule has 0 radical (unpaired) electrons. The van der Waals surface area contributed by atoms with Crippen LogP contribution >= 0.6 is 11.3 Å². The van der Waals surface area contributed by atoms with Crippen LogP contribution in [0.4, 0.5) is 9.18 Å². The Bertz CT molecular complexity index is 1130. The van der Waals surface area contributed by atoms with Crippen molar-refractivity contribution in [3.05, 3.63) is 93.4 Å². The van der Waals surface area contributed by atoms with Crippen molar-refractivity contribution in [2.75, 3.05) is 19.7 Å². The summed E-state index contributed by atoms with van der Waals surface area (Å²) in [6.07, 6.45) is 1.74. The van der Waals surface area contributed by atoms with Crippen LogP contribution < -0.4 is 5.32 Å². The van der Waals surface area contributed by atoms with Crippen molar-refractivity contribution in [1.82, 2.24) is 15.1 Å². The van der Waals surface area contributed by atoms with Crippen molar-refractivity contribution in [3.8, 4) is 0 Å². The summed E-state index contributed by atoms with van der Waals surface area (Å²) >= 11 is 1.60. The van der Waals surface area contributed by atoms with E-state index in [1.54, 1.807) is 33.3 Å². The molecular weight excluding hydrogens is 477 g/mol. The van der Waals surface area contributed by atoms with Gasteiger partial charge in [-0.3, -0.25) is 4.79 Å². The molecule has 2 aromatic carbocycles. The van der Waals surface area contributed by atoms with Gasteiger partial charge in [0.2, 0.25) is 5.91 Å². The average Bonchev–Trinajstić information content (AvgIpc) is 3.55. The van der Waals surface area contributed by atoms with Gasteiger partial charge in [-0.25, -0.2) is 9.18 Å². The molecule has 1 aliphatic heterocycles. The van der Waals surface area contributed by atoms with Gasteiger partial charge < -0.3 is 19.9 Å². The predicted molar refractivity (Wildman–Crippen MR) is 139 cm³/mol. The SMILES string of the molecule is Cc1ccsc1CN(Cc1ccc(F)cc1)C(=O)CN(CC1CCCO1)C(=O)NCc1ccccc1. The maximum Gasteiger partial charge on any atom is 0.318 e. The number of nitrogens with one attached hydrogen (secondary N) is 1. The van der Waals surface area contributed by atoms with E-state index in [2.05, 4.69) is 5.32 Å². The molecule has 1 aromatic heterocycles. The third-order valence-electron chi connectivity index (χ3n) is 6.29. The first-order valence-corrected chi connectivity index (χ1v) is 13.1. The van der Waals surface area contributed by atoms with E-state index in [1.165, 1.54) is 12.1 Å². The number of benzene rings is 2. The van der Waals surface area contributed by atoms with Gasteiger partial charge in [0.25, 0.3) is 0 Å². The minimum atomic E-state index is -0.316. The minimum Gasteiger partial charge on any atom is -0.376 e. The van der Waals surface area contributed by atoms with E-state index in [0.29, 0.717) is 32.8 Å². The highest BCUT2D eigenvalue weighted by Gasteiger charge is 2.27. The number of ether oxygens (including phenoxy) is 1. The third kappa shape index (κ3) is 7.38. The molecule has 3 amide bonds. The van der Waals surface area contributed by atoms with Crippen LogP contribution in [-0.2, 0) is 29.2 Å². The molecule has 1 N–H and O–H groups in total. The number of carbonyl (C=O) groups excluding carboxylic acids is 2. The van der Waals surface area contributed by atoms with E-state index in [0.717, 1.165) is 34.4 Å². The molecular formula is C28H32FN3O3S. The first-order chi connectivity index (χ1) is 17.5. The monoisotopic (exact) mass is 509 g/mol. The number of amides is 3. The summed E-state index contributed by atoms with van der Waals surface area (Å²) in [6, 6.07) is 17.6. The van der Waals surface area contributed by atoms with E-state index in [9.17, 15) is 14.0 Å². The largest absolute Gasteiger partial charge is 0.376 e. The average molecular weight is 510 g/mol. The fourth-order valence-corrected chi connectivity index (χ4v) is 5.10. The van der Waals surface area contributed by atoms with E-state index < -0.39 is 0 Å². The first-order valence-electron chi connectivity index (χ1n) is 12.2. The van der Waals surface area contributed by atoms with E-state index in [-0.39, 0.29) is 30.4 Å². The summed E-state index contributed by atoms with van der Waals surface area (Å²) in [5.74, 6) is -0.483. The second kappa shape index (κ2) is 12.6. The van der Waals surface area contributed by atoms with Crippen LogP contribution in [0, 0.1) is 12.7 Å². The summed E-state index contributed by atoms with van der Waals surface area (Å²) in [6.45, 7) is 4.12. The Morgan fingerprint density at radius 1 is 1.03 bits per heavy atom. The van der Waals surface area contributed by atoms with Crippen LogP contribution in [0.15, 0.2) is 66.0 Å². The van der Waals surface area contributed by atoms with Crippen molar-refractivity contribution in [1.29, 1.82) is 0 Å². The normalized spacial score (nSPS) is 15.0. The summed E-state index contributed by atoms with van der Waals surface area (Å²) in [5, 5.41) is 4.95. The molecule has 1 fully saturated rings. The fraction of sp³-hybridized carbons (Fsp3) is 0.357. The van der Waals surface area contributed by atoms with Crippen molar-refractivity contribution in [2.24, 2.45) is 0 Å². The first kappa shape index (κ1) is 25.9. The zero-order valence-corrected chi connectivity index (χ0v) is 21.3. The molecule has 1 aliphatic rings. The highest BCUT2D eigenvalue weighted by atomic mass is 32.1. The van der Waals surface area contributed by atoms with E-state index in [1.807, 2.05) is 48.7 Å². The molecule has 0 spiro atoms. The lowest BCUT2D eigenvalue weighted by molar-refractivity contribution is -0.133. The van der Waals surface area contributed by atoms with Crippen molar-refractivity contribution < 1.29 is 18.7 Å².